The summed E-state index contributed by atoms with van der Waals surface area (Å²) >= 11 is 0. The summed E-state index contributed by atoms with van der Waals surface area (Å²) in [6.07, 6.45) is 0. The molecule has 1 atom stereocenters. The van der Waals surface area contributed by atoms with Crippen molar-refractivity contribution in [3.63, 3.8) is 0 Å². The number of carbonyl (C=O) groups excluding carboxylic acids is 2. The van der Waals surface area contributed by atoms with Gasteiger partial charge in [-0.3, -0.25) is 4.79 Å². The minimum absolute atomic E-state index is 0.130. The number of esters is 1. The maximum atomic E-state index is 13.0. The van der Waals surface area contributed by atoms with E-state index in [1.54, 1.807) is 19.1 Å². The van der Waals surface area contributed by atoms with Crippen molar-refractivity contribution >= 4 is 24.5 Å². The molecule has 0 radical (unpaired) electrons. The zero-order valence-corrected chi connectivity index (χ0v) is 17.4. The molecule has 0 fully saturated rings. The first-order chi connectivity index (χ1) is 14.4. The summed E-state index contributed by atoms with van der Waals surface area (Å²) in [6.45, 7) is 6.15. The predicted octanol–water partition coefficient (Wildman–Crippen LogP) is 1.80. The highest BCUT2D eigenvalue weighted by atomic mass is 16.5. The Kier molecular flexibility index (Phi) is 7.13. The van der Waals surface area contributed by atoms with Crippen molar-refractivity contribution in [3.05, 3.63) is 59.2 Å². The van der Waals surface area contributed by atoms with Crippen molar-refractivity contribution in [3.8, 4) is 5.75 Å². The van der Waals surface area contributed by atoms with E-state index in [4.69, 9.17) is 14.1 Å². The van der Waals surface area contributed by atoms with Gasteiger partial charge in [-0.2, -0.15) is 0 Å². The zero-order chi connectivity index (χ0) is 21.7. The first kappa shape index (κ1) is 21.9. The van der Waals surface area contributed by atoms with Gasteiger partial charge in [0, 0.05) is 5.46 Å². The molecule has 0 aromatic heterocycles. The summed E-state index contributed by atoms with van der Waals surface area (Å²) in [5, 5.41) is 12.9. The predicted molar refractivity (Wildman–Crippen MR) is 112 cm³/mol. The number of nitrogens with one attached hydrogen (secondary N) is 1. The molecule has 1 aliphatic rings. The molecule has 0 unspecified atom stereocenters. The van der Waals surface area contributed by atoms with Gasteiger partial charge in [0.2, 0.25) is 0 Å². The van der Waals surface area contributed by atoms with Crippen LogP contribution in [0.15, 0.2) is 42.5 Å². The van der Waals surface area contributed by atoms with Crippen molar-refractivity contribution < 1.29 is 28.7 Å². The van der Waals surface area contributed by atoms with Gasteiger partial charge in [0.05, 0.1) is 18.8 Å². The highest BCUT2D eigenvalue weighted by molar-refractivity contribution is 6.63. The Morgan fingerprint density at radius 1 is 1.20 bits per heavy atom. The van der Waals surface area contributed by atoms with E-state index in [0.717, 1.165) is 11.1 Å². The molecule has 2 aromatic carbocycles. The second-order valence-corrected chi connectivity index (χ2v) is 7.40. The van der Waals surface area contributed by atoms with Crippen LogP contribution in [0.3, 0.4) is 0 Å². The summed E-state index contributed by atoms with van der Waals surface area (Å²) in [5.41, 5.74) is 2.33. The maximum absolute atomic E-state index is 13.0. The zero-order valence-electron chi connectivity index (χ0n) is 17.4. The molecular weight excluding hydrogens is 385 g/mol. The minimum atomic E-state index is -1.15. The first-order valence-corrected chi connectivity index (χ1v) is 10.0. The molecule has 0 bridgehead atoms. The van der Waals surface area contributed by atoms with Gasteiger partial charge in [-0.25, -0.2) is 4.79 Å². The van der Waals surface area contributed by atoms with Crippen LogP contribution < -0.4 is 15.5 Å². The average Bonchev–Trinajstić information content (AvgIpc) is 3.12. The molecule has 3 rings (SSSR count). The number of rotatable bonds is 8. The maximum Gasteiger partial charge on any atom is 0.495 e. The van der Waals surface area contributed by atoms with Gasteiger partial charge in [0.15, 0.2) is 0 Å². The van der Waals surface area contributed by atoms with E-state index in [0.29, 0.717) is 12.1 Å². The topological polar surface area (TPSA) is 94.1 Å². The Morgan fingerprint density at radius 3 is 2.60 bits per heavy atom. The number of hydrogen-bond acceptors (Lipinski definition) is 6. The minimum Gasteiger partial charge on any atom is -0.493 e. The van der Waals surface area contributed by atoms with Crippen molar-refractivity contribution in [2.75, 3.05) is 6.61 Å². The Labute approximate surface area is 176 Å². The van der Waals surface area contributed by atoms with Crippen LogP contribution in [-0.2, 0) is 27.4 Å². The quantitative estimate of drug-likeness (QED) is 0.508. The van der Waals surface area contributed by atoms with Gasteiger partial charge in [-0.05, 0) is 30.0 Å². The highest BCUT2D eigenvalue weighted by Crippen LogP contribution is 2.24. The van der Waals surface area contributed by atoms with E-state index in [-0.39, 0.29) is 30.4 Å². The van der Waals surface area contributed by atoms with Crippen LogP contribution >= 0.6 is 0 Å². The molecule has 0 saturated carbocycles. The highest BCUT2D eigenvalue weighted by Gasteiger charge is 2.35. The van der Waals surface area contributed by atoms with Gasteiger partial charge in [0.1, 0.15) is 18.4 Å². The lowest BCUT2D eigenvalue weighted by molar-refractivity contribution is -0.148. The molecule has 0 aliphatic carbocycles. The van der Waals surface area contributed by atoms with E-state index in [2.05, 4.69) is 5.32 Å². The van der Waals surface area contributed by atoms with Gasteiger partial charge < -0.3 is 24.5 Å². The Morgan fingerprint density at radius 2 is 1.93 bits per heavy atom. The van der Waals surface area contributed by atoms with Crippen LogP contribution in [0.1, 0.15) is 42.3 Å². The molecule has 0 spiro atoms. The molecule has 8 heteroatoms. The van der Waals surface area contributed by atoms with Gasteiger partial charge >= 0.3 is 13.1 Å². The van der Waals surface area contributed by atoms with Crippen molar-refractivity contribution in [2.45, 2.75) is 40.0 Å². The third kappa shape index (κ3) is 4.83. The Hall–Kier alpha value is -2.84. The van der Waals surface area contributed by atoms with Crippen molar-refractivity contribution in [1.29, 1.82) is 0 Å². The number of carbonyl (C=O) groups is 2. The SMILES string of the molecule is CCOc1c(C(=O)N[C@H](C(=O)OCc2ccccc2)C(C)C)ccc2c1B(O)OC2. The number of ether oxygens (including phenoxy) is 2. The molecule has 0 saturated heterocycles. The third-order valence-electron chi connectivity index (χ3n) is 4.89. The van der Waals surface area contributed by atoms with Crippen molar-refractivity contribution in [1.82, 2.24) is 5.32 Å². The fourth-order valence-electron chi connectivity index (χ4n) is 3.30. The summed E-state index contributed by atoms with van der Waals surface area (Å²) in [4.78, 5) is 25.7. The van der Waals surface area contributed by atoms with Gasteiger partial charge in [0.25, 0.3) is 5.91 Å². The number of amides is 1. The first-order valence-electron chi connectivity index (χ1n) is 10.0. The third-order valence-corrected chi connectivity index (χ3v) is 4.89. The molecule has 2 N–H and O–H groups in total. The van der Waals surface area contributed by atoms with Gasteiger partial charge in [-0.15, -0.1) is 0 Å². The van der Waals surface area contributed by atoms with Crippen LogP contribution in [0.5, 0.6) is 5.75 Å². The fraction of sp³-hybridized carbons (Fsp3) is 0.364. The lowest BCUT2D eigenvalue weighted by Crippen LogP contribution is -2.45. The molecule has 30 heavy (non-hydrogen) atoms. The van der Waals surface area contributed by atoms with E-state index >= 15 is 0 Å². The smallest absolute Gasteiger partial charge is 0.493 e. The van der Waals surface area contributed by atoms with E-state index < -0.39 is 25.0 Å². The number of hydrogen-bond donors (Lipinski definition) is 2. The molecule has 1 heterocycles. The molecule has 7 nitrogen and oxygen atoms in total. The van der Waals surface area contributed by atoms with Crippen molar-refractivity contribution in [2.24, 2.45) is 5.92 Å². The molecule has 1 aliphatic heterocycles. The Balaban J connectivity index is 1.77. The standard InChI is InChI=1S/C22H26BNO6/c1-4-28-20-17(11-10-16-13-30-23(27)18(16)20)21(25)24-19(14(2)3)22(26)29-12-15-8-6-5-7-9-15/h5-11,14,19,27H,4,12-13H2,1-3H3,(H,24,25)/t19-/m0/s1. The van der Waals surface area contributed by atoms with E-state index in [9.17, 15) is 14.6 Å². The summed E-state index contributed by atoms with van der Waals surface area (Å²) in [6, 6.07) is 11.9. The second-order valence-electron chi connectivity index (χ2n) is 7.40. The van der Waals surface area contributed by atoms with Crippen LogP contribution in [0, 0.1) is 5.92 Å². The van der Waals surface area contributed by atoms with E-state index in [1.165, 1.54) is 0 Å². The van der Waals surface area contributed by atoms with Crippen LogP contribution in [0.4, 0.5) is 0 Å². The van der Waals surface area contributed by atoms with Crippen LogP contribution in [0.25, 0.3) is 0 Å². The molecular formula is C22H26BNO6. The second kappa shape index (κ2) is 9.78. The molecule has 1 amide bonds. The van der Waals surface area contributed by atoms with Crippen LogP contribution in [0.2, 0.25) is 0 Å². The average molecular weight is 411 g/mol. The molecule has 2 aromatic rings. The summed E-state index contributed by atoms with van der Waals surface area (Å²) < 4.78 is 16.3. The van der Waals surface area contributed by atoms with Crippen LogP contribution in [-0.4, -0.2) is 36.7 Å². The summed E-state index contributed by atoms with van der Waals surface area (Å²) in [7, 11) is -1.15. The largest absolute Gasteiger partial charge is 0.495 e. The lowest BCUT2D eigenvalue weighted by atomic mass is 9.77. The number of benzene rings is 2. The fourth-order valence-corrected chi connectivity index (χ4v) is 3.30. The number of fused-ring (bicyclic) bond motifs is 1. The molecule has 158 valence electrons. The lowest BCUT2D eigenvalue weighted by Gasteiger charge is -2.22. The van der Waals surface area contributed by atoms with E-state index in [1.807, 2.05) is 44.2 Å². The summed E-state index contributed by atoms with van der Waals surface area (Å²) in [5.74, 6) is -0.894. The monoisotopic (exact) mass is 411 g/mol. The Bertz CT molecular complexity index is 902. The normalized spacial score (nSPS) is 13.7. The van der Waals surface area contributed by atoms with Gasteiger partial charge in [-0.1, -0.05) is 50.2 Å².